The highest BCUT2D eigenvalue weighted by molar-refractivity contribution is 5.76. The van der Waals surface area contributed by atoms with Gasteiger partial charge in [0.1, 0.15) is 5.75 Å². The lowest BCUT2D eigenvalue weighted by atomic mass is 9.93. The average molecular weight is 346 g/mol. The fourth-order valence-corrected chi connectivity index (χ4v) is 3.43. The summed E-state index contributed by atoms with van der Waals surface area (Å²) < 4.78 is 5.86. The zero-order chi connectivity index (χ0) is 18.4. The molecular weight excluding hydrogens is 316 g/mol. The van der Waals surface area contributed by atoms with Gasteiger partial charge in [0.15, 0.2) is 0 Å². The van der Waals surface area contributed by atoms with Gasteiger partial charge in [-0.3, -0.25) is 9.59 Å². The lowest BCUT2D eigenvalue weighted by Crippen LogP contribution is -2.40. The Bertz CT molecular complexity index is 628. The molecule has 5 nitrogen and oxygen atoms in total. The van der Waals surface area contributed by atoms with E-state index < -0.39 is 0 Å². The first-order valence-electron chi connectivity index (χ1n) is 9.13. The Morgan fingerprint density at radius 2 is 2.00 bits per heavy atom. The first-order valence-corrected chi connectivity index (χ1v) is 9.13. The maximum absolute atomic E-state index is 12.4. The third-order valence-corrected chi connectivity index (χ3v) is 5.01. The van der Waals surface area contributed by atoms with Gasteiger partial charge in [0.05, 0.1) is 13.0 Å². The SMILES string of the molecule is Cc1cc(C)c(C)c(OCCC(=O)N2CCCC(CCC(N)=O)C2)c1. The Hall–Kier alpha value is -2.04. The highest BCUT2D eigenvalue weighted by atomic mass is 16.5. The molecule has 0 radical (unpaired) electrons. The Labute approximate surface area is 150 Å². The molecule has 138 valence electrons. The van der Waals surface area contributed by atoms with Crippen LogP contribution in [0.15, 0.2) is 12.1 Å². The van der Waals surface area contributed by atoms with Crippen LogP contribution < -0.4 is 10.5 Å². The maximum atomic E-state index is 12.4. The van der Waals surface area contributed by atoms with E-state index in [9.17, 15) is 9.59 Å². The summed E-state index contributed by atoms with van der Waals surface area (Å²) in [6.45, 7) is 8.08. The van der Waals surface area contributed by atoms with Crippen LogP contribution in [0.3, 0.4) is 0 Å². The summed E-state index contributed by atoms with van der Waals surface area (Å²) in [5, 5.41) is 0. The molecule has 0 spiro atoms. The molecule has 0 aromatic heterocycles. The summed E-state index contributed by atoms with van der Waals surface area (Å²) in [5.74, 6) is 1.11. The molecule has 1 aliphatic rings. The molecule has 2 rings (SSSR count). The van der Waals surface area contributed by atoms with Crippen molar-refractivity contribution in [2.45, 2.75) is 52.9 Å². The molecule has 1 aliphatic heterocycles. The van der Waals surface area contributed by atoms with Crippen molar-refractivity contribution in [3.63, 3.8) is 0 Å². The minimum Gasteiger partial charge on any atom is -0.493 e. The lowest BCUT2D eigenvalue weighted by Gasteiger charge is -2.32. The van der Waals surface area contributed by atoms with Crippen molar-refractivity contribution in [1.82, 2.24) is 4.90 Å². The van der Waals surface area contributed by atoms with Crippen LogP contribution in [-0.4, -0.2) is 36.4 Å². The van der Waals surface area contributed by atoms with Crippen LogP contribution in [0.2, 0.25) is 0 Å². The van der Waals surface area contributed by atoms with Gasteiger partial charge in [0.25, 0.3) is 0 Å². The predicted octanol–water partition coefficient (Wildman–Crippen LogP) is 2.88. The van der Waals surface area contributed by atoms with E-state index in [1.165, 1.54) is 5.56 Å². The van der Waals surface area contributed by atoms with E-state index in [0.717, 1.165) is 49.2 Å². The number of hydrogen-bond donors (Lipinski definition) is 1. The zero-order valence-electron chi connectivity index (χ0n) is 15.6. The molecule has 1 aromatic rings. The van der Waals surface area contributed by atoms with Gasteiger partial charge in [-0.1, -0.05) is 6.07 Å². The molecule has 25 heavy (non-hydrogen) atoms. The highest BCUT2D eigenvalue weighted by Crippen LogP contribution is 2.24. The largest absolute Gasteiger partial charge is 0.493 e. The van der Waals surface area contributed by atoms with Gasteiger partial charge >= 0.3 is 0 Å². The Morgan fingerprint density at radius 3 is 2.72 bits per heavy atom. The number of likely N-dealkylation sites (tertiary alicyclic amines) is 1. The molecule has 1 atom stereocenters. The van der Waals surface area contributed by atoms with Gasteiger partial charge in [-0.25, -0.2) is 0 Å². The first kappa shape index (κ1) is 19.3. The fraction of sp³-hybridized carbons (Fsp3) is 0.600. The van der Waals surface area contributed by atoms with E-state index in [0.29, 0.717) is 25.4 Å². The number of primary amides is 1. The van der Waals surface area contributed by atoms with Gasteiger partial charge in [-0.2, -0.15) is 0 Å². The van der Waals surface area contributed by atoms with Gasteiger partial charge in [0, 0.05) is 19.5 Å². The minimum atomic E-state index is -0.263. The summed E-state index contributed by atoms with van der Waals surface area (Å²) in [7, 11) is 0. The van der Waals surface area contributed by atoms with Gasteiger partial charge in [-0.05, 0) is 68.7 Å². The predicted molar refractivity (Wildman–Crippen MR) is 98.5 cm³/mol. The summed E-state index contributed by atoms with van der Waals surface area (Å²) in [4.78, 5) is 25.3. The average Bonchev–Trinajstić information content (AvgIpc) is 2.57. The van der Waals surface area contributed by atoms with Crippen molar-refractivity contribution in [3.05, 3.63) is 28.8 Å². The number of nitrogens with zero attached hydrogens (tertiary/aromatic N) is 1. The van der Waals surface area contributed by atoms with Crippen molar-refractivity contribution < 1.29 is 14.3 Å². The molecule has 0 bridgehead atoms. The molecule has 5 heteroatoms. The number of piperidine rings is 1. The molecular formula is C20H30N2O3. The quantitative estimate of drug-likeness (QED) is 0.825. The third-order valence-electron chi connectivity index (χ3n) is 5.01. The molecule has 2 amide bonds. The molecule has 0 saturated carbocycles. The molecule has 1 heterocycles. The highest BCUT2D eigenvalue weighted by Gasteiger charge is 2.23. The van der Waals surface area contributed by atoms with Gasteiger partial charge < -0.3 is 15.4 Å². The number of amides is 2. The second kappa shape index (κ2) is 8.88. The lowest BCUT2D eigenvalue weighted by molar-refractivity contribution is -0.133. The van der Waals surface area contributed by atoms with Crippen LogP contribution in [0.5, 0.6) is 5.75 Å². The zero-order valence-corrected chi connectivity index (χ0v) is 15.6. The number of carbonyl (C=O) groups is 2. The number of aryl methyl sites for hydroxylation is 2. The number of nitrogens with two attached hydrogens (primary N) is 1. The van der Waals surface area contributed by atoms with Gasteiger partial charge in [-0.15, -0.1) is 0 Å². The molecule has 1 saturated heterocycles. The molecule has 1 unspecified atom stereocenters. The standard InChI is InChI=1S/C20H30N2O3/c1-14-11-15(2)16(3)18(12-14)25-10-8-20(24)22-9-4-5-17(13-22)6-7-19(21)23/h11-12,17H,4-10,13H2,1-3H3,(H2,21,23). The topological polar surface area (TPSA) is 72.6 Å². The van der Waals surface area contributed by atoms with Crippen molar-refractivity contribution in [1.29, 1.82) is 0 Å². The van der Waals surface area contributed by atoms with Crippen LogP contribution >= 0.6 is 0 Å². The van der Waals surface area contributed by atoms with E-state index in [-0.39, 0.29) is 11.8 Å². The third kappa shape index (κ3) is 5.76. The number of rotatable bonds is 7. The minimum absolute atomic E-state index is 0.130. The van der Waals surface area contributed by atoms with E-state index >= 15 is 0 Å². The normalized spacial score (nSPS) is 17.4. The number of carbonyl (C=O) groups excluding carboxylic acids is 2. The van der Waals surface area contributed by atoms with E-state index in [4.69, 9.17) is 10.5 Å². The van der Waals surface area contributed by atoms with Crippen molar-refractivity contribution in [2.24, 2.45) is 11.7 Å². The monoisotopic (exact) mass is 346 g/mol. The molecule has 1 fully saturated rings. The molecule has 1 aromatic carbocycles. The Kier molecular flexibility index (Phi) is 6.85. The fourth-order valence-electron chi connectivity index (χ4n) is 3.43. The van der Waals surface area contributed by atoms with Crippen LogP contribution in [0.1, 0.15) is 48.8 Å². The summed E-state index contributed by atoms with van der Waals surface area (Å²) in [6, 6.07) is 4.15. The smallest absolute Gasteiger partial charge is 0.226 e. The second-order valence-corrected chi connectivity index (χ2v) is 7.16. The van der Waals surface area contributed by atoms with E-state index in [2.05, 4.69) is 13.0 Å². The Morgan fingerprint density at radius 1 is 1.24 bits per heavy atom. The second-order valence-electron chi connectivity index (χ2n) is 7.16. The van der Waals surface area contributed by atoms with E-state index in [1.54, 1.807) is 0 Å². The van der Waals surface area contributed by atoms with Crippen molar-refractivity contribution >= 4 is 11.8 Å². The Balaban J connectivity index is 1.81. The first-order chi connectivity index (χ1) is 11.9. The molecule has 0 aliphatic carbocycles. The van der Waals surface area contributed by atoms with E-state index in [1.807, 2.05) is 24.8 Å². The van der Waals surface area contributed by atoms with Crippen LogP contribution in [0, 0.1) is 26.7 Å². The molecule has 2 N–H and O–H groups in total. The summed E-state index contributed by atoms with van der Waals surface area (Å²) in [5.41, 5.74) is 8.72. The van der Waals surface area contributed by atoms with Crippen LogP contribution in [-0.2, 0) is 9.59 Å². The van der Waals surface area contributed by atoms with Crippen LogP contribution in [0.4, 0.5) is 0 Å². The van der Waals surface area contributed by atoms with Crippen LogP contribution in [0.25, 0.3) is 0 Å². The number of ether oxygens (including phenoxy) is 1. The van der Waals surface area contributed by atoms with Crippen molar-refractivity contribution in [3.8, 4) is 5.75 Å². The number of benzene rings is 1. The maximum Gasteiger partial charge on any atom is 0.226 e. The number of hydrogen-bond acceptors (Lipinski definition) is 3. The summed E-state index contributed by atoms with van der Waals surface area (Å²) in [6.07, 6.45) is 3.62. The van der Waals surface area contributed by atoms with Crippen molar-refractivity contribution in [2.75, 3.05) is 19.7 Å². The van der Waals surface area contributed by atoms with Gasteiger partial charge in [0.2, 0.25) is 11.8 Å². The summed E-state index contributed by atoms with van der Waals surface area (Å²) >= 11 is 0.